The number of benzene rings is 4. The average molecular weight is 870 g/mol. The van der Waals surface area contributed by atoms with Crippen molar-refractivity contribution < 1.29 is 33.3 Å². The molecule has 318 valence electrons. The molecule has 14 heteroatoms. The number of amides is 2. The summed E-state index contributed by atoms with van der Waals surface area (Å²) in [6, 6.07) is 26.2. The minimum atomic E-state index is -0.178. The number of pyridine rings is 1. The second-order valence-corrected chi connectivity index (χ2v) is 19.2. The van der Waals surface area contributed by atoms with Gasteiger partial charge in [0.15, 0.2) is 23.0 Å². The Bertz CT molecular complexity index is 2450. The third kappa shape index (κ3) is 8.20. The van der Waals surface area contributed by atoms with Gasteiger partial charge in [0.05, 0.1) is 66.8 Å². The molecule has 5 aromatic rings. The van der Waals surface area contributed by atoms with Crippen LogP contribution in [0.25, 0.3) is 0 Å². The van der Waals surface area contributed by atoms with Crippen LogP contribution in [0.3, 0.4) is 0 Å². The minimum Gasteiger partial charge on any atom is -0.493 e. The van der Waals surface area contributed by atoms with Gasteiger partial charge in [-0.1, -0.05) is 58.0 Å². The molecule has 5 heterocycles. The van der Waals surface area contributed by atoms with Gasteiger partial charge in [-0.15, -0.1) is 0 Å². The van der Waals surface area contributed by atoms with E-state index in [9.17, 15) is 9.59 Å². The molecule has 62 heavy (non-hydrogen) atoms. The van der Waals surface area contributed by atoms with Gasteiger partial charge in [-0.3, -0.25) is 34.4 Å². The van der Waals surface area contributed by atoms with Gasteiger partial charge in [0, 0.05) is 65.7 Å². The number of aliphatic imine (C=N–C) groups is 2. The lowest BCUT2D eigenvalue weighted by molar-refractivity contribution is 0.0978. The number of ether oxygens (including phenoxy) is 5. The van der Waals surface area contributed by atoms with Gasteiger partial charge in [-0.05, 0) is 68.3 Å². The summed E-state index contributed by atoms with van der Waals surface area (Å²) in [6.07, 6.45) is 9.02. The quantitative estimate of drug-likeness (QED) is 0.0742. The van der Waals surface area contributed by atoms with E-state index in [1.54, 1.807) is 49.3 Å². The summed E-state index contributed by atoms with van der Waals surface area (Å²) in [5, 5.41) is 0. The molecule has 4 aromatic carbocycles. The molecule has 4 aliphatic heterocycles. The first-order valence-corrected chi connectivity index (χ1v) is 23.1. The van der Waals surface area contributed by atoms with Crippen LogP contribution in [-0.2, 0) is 26.1 Å². The first-order chi connectivity index (χ1) is 30.1. The van der Waals surface area contributed by atoms with Crippen molar-refractivity contribution >= 4 is 68.6 Å². The Morgan fingerprint density at radius 3 is 1.66 bits per heavy atom. The number of carbonyl (C=O) groups excluding carboxylic acids is 2. The lowest BCUT2D eigenvalue weighted by atomic mass is 10.1. The monoisotopic (exact) mass is 869 g/mol. The summed E-state index contributed by atoms with van der Waals surface area (Å²) < 4.78 is 30.8. The fourth-order valence-electron chi connectivity index (χ4n) is 8.49. The van der Waals surface area contributed by atoms with Crippen LogP contribution >= 0.6 is 21.6 Å². The van der Waals surface area contributed by atoms with Crippen molar-refractivity contribution in [2.75, 3.05) is 36.9 Å². The number of para-hydroxylation sites is 2. The Labute approximate surface area is 369 Å². The zero-order valence-corrected chi connectivity index (χ0v) is 36.9. The summed E-state index contributed by atoms with van der Waals surface area (Å²) in [4.78, 5) is 46.0. The van der Waals surface area contributed by atoms with Crippen molar-refractivity contribution in [3.63, 3.8) is 0 Å². The Kier molecular flexibility index (Phi) is 11.6. The Hall–Kier alpha value is -5.99. The molecule has 12 nitrogen and oxygen atoms in total. The van der Waals surface area contributed by atoms with Crippen LogP contribution in [0.1, 0.15) is 69.9 Å². The molecule has 0 saturated heterocycles. The standard InChI is InChI=1S/C48H47N5O7S2/c1-48(2,62-61-5)15-10-16-58-35-19-31(27-59-44-23-38-36(21-42(44)56-3)46(54)52-33(25-49-38)17-29-11-6-8-13-40(29)52)51-32(20-35)28-60-45-24-39-37(22-43(45)57-4)47(55)53-34(26-50-39)18-30-12-7-9-14-41(30)53/h6-9,11-14,19-26,33-34H,10,15-18,27-28H2,1-5H3/t33-,34?/m0/s1. The number of hydrogen-bond acceptors (Lipinski definition) is 12. The molecule has 1 unspecified atom stereocenters. The predicted molar refractivity (Wildman–Crippen MR) is 247 cm³/mol. The highest BCUT2D eigenvalue weighted by Crippen LogP contribution is 2.43. The van der Waals surface area contributed by atoms with E-state index in [0.717, 1.165) is 35.3 Å². The molecule has 0 bridgehead atoms. The van der Waals surface area contributed by atoms with Gasteiger partial charge < -0.3 is 23.7 Å². The maximum absolute atomic E-state index is 14.0. The highest BCUT2D eigenvalue weighted by molar-refractivity contribution is 8.76. The van der Waals surface area contributed by atoms with E-state index in [0.29, 0.717) is 82.1 Å². The minimum absolute atomic E-state index is 0.0658. The third-order valence-corrected chi connectivity index (χ3v) is 14.1. The van der Waals surface area contributed by atoms with E-state index in [1.165, 1.54) is 0 Å². The number of rotatable bonds is 15. The molecule has 0 radical (unpaired) electrons. The zero-order valence-electron chi connectivity index (χ0n) is 35.3. The summed E-state index contributed by atoms with van der Waals surface area (Å²) in [6.45, 7) is 5.13. The third-order valence-electron chi connectivity index (χ3n) is 11.4. The van der Waals surface area contributed by atoms with E-state index < -0.39 is 0 Å². The summed E-state index contributed by atoms with van der Waals surface area (Å²) >= 11 is 0. The number of fused-ring (bicyclic) bond motifs is 8. The predicted octanol–water partition coefficient (Wildman–Crippen LogP) is 9.78. The first kappa shape index (κ1) is 41.4. The number of hydrogen-bond donors (Lipinski definition) is 0. The van der Waals surface area contributed by atoms with Crippen molar-refractivity contribution in [1.82, 2.24) is 4.98 Å². The van der Waals surface area contributed by atoms with E-state index in [-0.39, 0.29) is 41.9 Å². The maximum Gasteiger partial charge on any atom is 0.261 e. The molecular weight excluding hydrogens is 823 g/mol. The molecule has 0 saturated carbocycles. The van der Waals surface area contributed by atoms with Crippen molar-refractivity contribution in [3.8, 4) is 28.7 Å². The normalized spacial score (nSPS) is 17.0. The Balaban J connectivity index is 0.958. The van der Waals surface area contributed by atoms with Crippen LogP contribution < -0.4 is 33.5 Å². The zero-order chi connectivity index (χ0) is 43.0. The number of methoxy groups -OCH3 is 2. The molecule has 4 aliphatic rings. The van der Waals surface area contributed by atoms with Crippen molar-refractivity contribution in [2.45, 2.75) is 69.6 Å². The number of anilines is 2. The van der Waals surface area contributed by atoms with Crippen LogP contribution in [-0.4, -0.2) is 73.1 Å². The summed E-state index contributed by atoms with van der Waals surface area (Å²) in [5.41, 5.74) is 7.09. The Morgan fingerprint density at radius 2 is 1.18 bits per heavy atom. The van der Waals surface area contributed by atoms with Crippen molar-refractivity contribution in [1.29, 1.82) is 0 Å². The lowest BCUT2D eigenvalue weighted by Gasteiger charge is -2.22. The van der Waals surface area contributed by atoms with E-state index in [4.69, 9.17) is 38.7 Å². The fraction of sp³-hybridized carbons (Fsp3) is 0.312. The summed E-state index contributed by atoms with van der Waals surface area (Å²) in [7, 11) is 6.73. The van der Waals surface area contributed by atoms with Crippen LogP contribution in [0, 0.1) is 0 Å². The molecule has 1 aromatic heterocycles. The Morgan fingerprint density at radius 1 is 0.677 bits per heavy atom. The highest BCUT2D eigenvalue weighted by atomic mass is 33.1. The van der Waals surface area contributed by atoms with E-state index in [2.05, 4.69) is 20.1 Å². The smallest absolute Gasteiger partial charge is 0.261 e. The molecular formula is C48H47N5O7S2. The molecule has 2 atom stereocenters. The van der Waals surface area contributed by atoms with Crippen LogP contribution in [0.2, 0.25) is 0 Å². The largest absolute Gasteiger partial charge is 0.493 e. The molecule has 0 N–H and O–H groups in total. The van der Waals surface area contributed by atoms with Gasteiger partial charge in [0.2, 0.25) is 0 Å². The number of nitrogens with zero attached hydrogens (tertiary/aromatic N) is 5. The average Bonchev–Trinajstić information content (AvgIpc) is 3.77. The van der Waals surface area contributed by atoms with Gasteiger partial charge >= 0.3 is 0 Å². The van der Waals surface area contributed by atoms with E-state index in [1.807, 2.05) is 93.7 Å². The molecule has 9 rings (SSSR count). The van der Waals surface area contributed by atoms with Gasteiger partial charge in [-0.25, -0.2) is 0 Å². The second-order valence-electron chi connectivity index (χ2n) is 16.1. The topological polar surface area (TPSA) is 124 Å². The SMILES string of the molecule is COc1cc2c(cc1OCc1cc(OCCCC(C)(C)SSC)cc(COc3cc4c(cc3OC)C(=O)N3c5ccccc5C[C@H]3C=N4)n1)N=CC1Cc3ccccc3N1C2=O. The summed E-state index contributed by atoms with van der Waals surface area (Å²) in [5.74, 6) is 2.00. The fourth-order valence-corrected chi connectivity index (χ4v) is 10.8. The highest BCUT2D eigenvalue weighted by Gasteiger charge is 2.38. The lowest BCUT2D eigenvalue weighted by Crippen LogP contribution is -2.37. The van der Waals surface area contributed by atoms with Gasteiger partial charge in [0.1, 0.15) is 19.0 Å². The van der Waals surface area contributed by atoms with Gasteiger partial charge in [0.25, 0.3) is 11.8 Å². The second kappa shape index (κ2) is 17.4. The number of carbonyl (C=O) groups is 2. The van der Waals surface area contributed by atoms with Gasteiger partial charge in [-0.2, -0.15) is 0 Å². The van der Waals surface area contributed by atoms with E-state index >= 15 is 0 Å². The maximum atomic E-state index is 14.0. The molecule has 0 aliphatic carbocycles. The van der Waals surface area contributed by atoms with Crippen LogP contribution in [0.4, 0.5) is 22.7 Å². The van der Waals surface area contributed by atoms with Crippen LogP contribution in [0.5, 0.6) is 28.7 Å². The molecule has 0 fully saturated rings. The van der Waals surface area contributed by atoms with Crippen molar-refractivity contribution in [3.05, 3.63) is 119 Å². The first-order valence-electron chi connectivity index (χ1n) is 20.6. The molecule has 2 amide bonds. The number of aromatic nitrogens is 1. The van der Waals surface area contributed by atoms with Crippen LogP contribution in [0.15, 0.2) is 94.9 Å². The van der Waals surface area contributed by atoms with Crippen molar-refractivity contribution in [2.24, 2.45) is 9.98 Å². The molecule has 0 spiro atoms.